The lowest BCUT2D eigenvalue weighted by Crippen LogP contribution is -2.19. The van der Waals surface area contributed by atoms with Crippen molar-refractivity contribution in [1.29, 1.82) is 0 Å². The molecule has 2 amide bonds. The molecule has 0 aliphatic carbocycles. The highest BCUT2D eigenvalue weighted by Gasteiger charge is 2.14. The second-order valence-electron chi connectivity index (χ2n) is 4.13. The summed E-state index contributed by atoms with van der Waals surface area (Å²) < 4.78 is 0. The zero-order valence-electron chi connectivity index (χ0n) is 10.8. The van der Waals surface area contributed by atoms with Gasteiger partial charge in [0.05, 0.1) is 15.6 Å². The van der Waals surface area contributed by atoms with Gasteiger partial charge in [-0.05, 0) is 30.3 Å². The highest BCUT2D eigenvalue weighted by atomic mass is 35.5. The summed E-state index contributed by atoms with van der Waals surface area (Å²) in [5, 5.41) is 16.4. The Kier molecular flexibility index (Phi) is 5.07. The fourth-order valence-corrected chi connectivity index (χ4v) is 2.13. The number of hydrogen-bond donors (Lipinski definition) is 2. The number of hydrogen-bond acceptors (Lipinski definition) is 3. The van der Waals surface area contributed by atoms with Crippen LogP contribution in [0.2, 0.25) is 15.1 Å². The van der Waals surface area contributed by atoms with Gasteiger partial charge in [-0.15, -0.1) is 0 Å². The number of benzene rings is 2. The lowest BCUT2D eigenvalue weighted by molar-refractivity contribution is -0.384. The van der Waals surface area contributed by atoms with Crippen LogP contribution in [0.4, 0.5) is 21.9 Å². The SMILES string of the molecule is O=C(Nc1ccc(Cl)c([N+](=O)[O-])c1)Nc1cc(Cl)ccc1Cl. The minimum absolute atomic E-state index is 0.0196. The molecule has 0 bridgehead atoms. The Morgan fingerprint density at radius 3 is 2.36 bits per heavy atom. The Balaban J connectivity index is 2.14. The van der Waals surface area contributed by atoms with E-state index < -0.39 is 11.0 Å². The molecular formula is C13H8Cl3N3O3. The van der Waals surface area contributed by atoms with Gasteiger partial charge in [0.2, 0.25) is 0 Å². The number of anilines is 2. The standard InChI is InChI=1S/C13H8Cl3N3O3/c14-7-1-3-9(15)11(5-7)18-13(20)17-8-2-4-10(16)12(6-8)19(21)22/h1-6H,(H2,17,18,20). The quantitative estimate of drug-likeness (QED) is 0.583. The van der Waals surface area contributed by atoms with E-state index in [9.17, 15) is 14.9 Å². The first-order chi connectivity index (χ1) is 10.4. The van der Waals surface area contributed by atoms with Crippen LogP contribution in [-0.2, 0) is 0 Å². The molecule has 0 aliphatic rings. The predicted octanol–water partition coefficient (Wildman–Crippen LogP) is 5.20. The van der Waals surface area contributed by atoms with Crippen molar-refractivity contribution in [3.05, 3.63) is 61.6 Å². The number of carbonyl (C=O) groups excluding carboxylic acids is 1. The number of nitro benzene ring substituents is 1. The van der Waals surface area contributed by atoms with Gasteiger partial charge in [0.15, 0.2) is 0 Å². The highest BCUT2D eigenvalue weighted by molar-refractivity contribution is 6.35. The van der Waals surface area contributed by atoms with Crippen LogP contribution in [0.5, 0.6) is 0 Å². The molecule has 0 radical (unpaired) electrons. The molecule has 2 aromatic rings. The lowest BCUT2D eigenvalue weighted by atomic mass is 10.3. The van der Waals surface area contributed by atoms with Crippen LogP contribution < -0.4 is 10.6 Å². The second-order valence-corrected chi connectivity index (χ2v) is 5.38. The zero-order valence-corrected chi connectivity index (χ0v) is 13.0. The first kappa shape index (κ1) is 16.4. The van der Waals surface area contributed by atoms with Gasteiger partial charge in [-0.3, -0.25) is 10.1 Å². The molecule has 22 heavy (non-hydrogen) atoms. The van der Waals surface area contributed by atoms with Crippen molar-refractivity contribution in [3.63, 3.8) is 0 Å². The molecular weight excluding hydrogens is 353 g/mol. The Bertz CT molecular complexity index is 753. The van der Waals surface area contributed by atoms with Gasteiger partial charge in [-0.25, -0.2) is 4.79 Å². The fraction of sp³-hybridized carbons (Fsp3) is 0. The number of amides is 2. The third-order valence-electron chi connectivity index (χ3n) is 2.58. The van der Waals surface area contributed by atoms with Crippen molar-refractivity contribution in [2.75, 3.05) is 10.6 Å². The molecule has 2 N–H and O–H groups in total. The van der Waals surface area contributed by atoms with Crippen molar-refractivity contribution in [2.45, 2.75) is 0 Å². The molecule has 0 unspecified atom stereocenters. The first-order valence-electron chi connectivity index (χ1n) is 5.84. The van der Waals surface area contributed by atoms with Crippen LogP contribution in [0.25, 0.3) is 0 Å². The molecule has 0 heterocycles. The lowest BCUT2D eigenvalue weighted by Gasteiger charge is -2.09. The summed E-state index contributed by atoms with van der Waals surface area (Å²) >= 11 is 17.4. The fourth-order valence-electron chi connectivity index (χ4n) is 1.61. The van der Waals surface area contributed by atoms with Gasteiger partial charge in [0.1, 0.15) is 5.02 Å². The van der Waals surface area contributed by atoms with Crippen molar-refractivity contribution in [1.82, 2.24) is 0 Å². The number of rotatable bonds is 3. The molecule has 0 saturated heterocycles. The van der Waals surface area contributed by atoms with Gasteiger partial charge >= 0.3 is 6.03 Å². The van der Waals surface area contributed by atoms with E-state index in [1.54, 1.807) is 6.07 Å². The van der Waals surface area contributed by atoms with Crippen molar-refractivity contribution < 1.29 is 9.72 Å². The van der Waals surface area contributed by atoms with Crippen molar-refractivity contribution >= 4 is 57.9 Å². The topological polar surface area (TPSA) is 84.3 Å². The Morgan fingerprint density at radius 1 is 1.00 bits per heavy atom. The molecule has 114 valence electrons. The highest BCUT2D eigenvalue weighted by Crippen LogP contribution is 2.28. The summed E-state index contributed by atoms with van der Waals surface area (Å²) in [6, 6.07) is 7.88. The molecule has 0 aromatic heterocycles. The summed E-state index contributed by atoms with van der Waals surface area (Å²) in [4.78, 5) is 22.0. The third kappa shape index (κ3) is 4.00. The van der Waals surface area contributed by atoms with Crippen molar-refractivity contribution in [2.24, 2.45) is 0 Å². The average molecular weight is 361 g/mol. The van der Waals surface area contributed by atoms with Crippen LogP contribution in [0, 0.1) is 10.1 Å². The van der Waals surface area contributed by atoms with E-state index in [0.717, 1.165) is 6.07 Å². The number of nitrogens with zero attached hydrogens (tertiary/aromatic N) is 1. The first-order valence-corrected chi connectivity index (χ1v) is 6.97. The predicted molar refractivity (Wildman–Crippen MR) is 87.2 cm³/mol. The monoisotopic (exact) mass is 359 g/mol. The maximum atomic E-state index is 11.9. The average Bonchev–Trinajstić information content (AvgIpc) is 2.44. The van der Waals surface area contributed by atoms with E-state index in [4.69, 9.17) is 34.8 Å². The number of urea groups is 1. The second kappa shape index (κ2) is 6.83. The molecule has 6 nitrogen and oxygen atoms in total. The van der Waals surface area contributed by atoms with E-state index in [2.05, 4.69) is 10.6 Å². The minimum atomic E-state index is -0.640. The summed E-state index contributed by atoms with van der Waals surface area (Å²) in [5.74, 6) is 0. The molecule has 0 atom stereocenters. The normalized spacial score (nSPS) is 10.1. The molecule has 0 spiro atoms. The molecule has 0 aliphatic heterocycles. The van der Waals surface area contributed by atoms with Gasteiger partial charge < -0.3 is 10.6 Å². The number of halogens is 3. The molecule has 0 saturated carbocycles. The smallest absolute Gasteiger partial charge is 0.307 e. The molecule has 9 heteroatoms. The molecule has 2 aromatic carbocycles. The van der Waals surface area contributed by atoms with E-state index in [1.165, 1.54) is 24.3 Å². The zero-order chi connectivity index (χ0) is 16.3. The van der Waals surface area contributed by atoms with Gasteiger partial charge in [0.25, 0.3) is 5.69 Å². The van der Waals surface area contributed by atoms with E-state index >= 15 is 0 Å². The largest absolute Gasteiger partial charge is 0.323 e. The Hall–Kier alpha value is -2.02. The number of nitrogens with one attached hydrogen (secondary N) is 2. The van der Waals surface area contributed by atoms with Gasteiger partial charge in [-0.1, -0.05) is 34.8 Å². The number of nitro groups is 1. The Labute approximate surface area is 140 Å². The van der Waals surface area contributed by atoms with Gasteiger partial charge in [-0.2, -0.15) is 0 Å². The maximum Gasteiger partial charge on any atom is 0.323 e. The van der Waals surface area contributed by atoms with Crippen LogP contribution in [0.15, 0.2) is 36.4 Å². The van der Waals surface area contributed by atoms with Crippen molar-refractivity contribution in [3.8, 4) is 0 Å². The summed E-state index contributed by atoms with van der Waals surface area (Å²) in [6.07, 6.45) is 0. The third-order valence-corrected chi connectivity index (χ3v) is 3.46. The van der Waals surface area contributed by atoms with Gasteiger partial charge in [0, 0.05) is 16.8 Å². The number of carbonyl (C=O) groups is 1. The molecule has 0 fully saturated rings. The van der Waals surface area contributed by atoms with E-state index in [-0.39, 0.29) is 16.4 Å². The Morgan fingerprint density at radius 2 is 1.68 bits per heavy atom. The summed E-state index contributed by atoms with van der Waals surface area (Å²) in [5.41, 5.74) is 0.224. The van der Waals surface area contributed by atoms with Crippen LogP contribution in [-0.4, -0.2) is 11.0 Å². The van der Waals surface area contributed by atoms with E-state index in [0.29, 0.717) is 15.7 Å². The van der Waals surface area contributed by atoms with Crippen LogP contribution >= 0.6 is 34.8 Å². The minimum Gasteiger partial charge on any atom is -0.307 e. The van der Waals surface area contributed by atoms with Crippen LogP contribution in [0.1, 0.15) is 0 Å². The van der Waals surface area contributed by atoms with Crippen LogP contribution in [0.3, 0.4) is 0 Å². The summed E-state index contributed by atoms with van der Waals surface area (Å²) in [7, 11) is 0. The van der Waals surface area contributed by atoms with E-state index in [1.807, 2.05) is 0 Å². The molecule has 2 rings (SSSR count). The maximum absolute atomic E-state index is 11.9. The summed E-state index contributed by atoms with van der Waals surface area (Å²) in [6.45, 7) is 0.